The quantitative estimate of drug-likeness (QED) is 0.890. The predicted octanol–water partition coefficient (Wildman–Crippen LogP) is 2.50. The summed E-state index contributed by atoms with van der Waals surface area (Å²) in [7, 11) is 1.83. The molecular formula is C15H24N2O. The van der Waals surface area contributed by atoms with E-state index in [1.165, 1.54) is 0 Å². The summed E-state index contributed by atoms with van der Waals surface area (Å²) >= 11 is 0. The van der Waals surface area contributed by atoms with E-state index < -0.39 is 0 Å². The monoisotopic (exact) mass is 248 g/mol. The zero-order valence-electron chi connectivity index (χ0n) is 12.0. The molecule has 0 aliphatic heterocycles. The van der Waals surface area contributed by atoms with Gasteiger partial charge in [0, 0.05) is 19.3 Å². The molecule has 0 aliphatic rings. The van der Waals surface area contributed by atoms with E-state index in [0.29, 0.717) is 6.54 Å². The number of carbonyl (C=O) groups is 1. The van der Waals surface area contributed by atoms with Gasteiger partial charge in [0.15, 0.2) is 0 Å². The summed E-state index contributed by atoms with van der Waals surface area (Å²) in [4.78, 5) is 14.2. The van der Waals surface area contributed by atoms with Crippen LogP contribution in [0.1, 0.15) is 25.0 Å². The Hall–Kier alpha value is -1.35. The molecule has 100 valence electrons. The van der Waals surface area contributed by atoms with E-state index in [0.717, 1.165) is 16.8 Å². The van der Waals surface area contributed by atoms with Crippen LogP contribution in [0.25, 0.3) is 0 Å². The number of amides is 1. The fraction of sp³-hybridized carbons (Fsp3) is 0.533. The molecule has 1 aromatic rings. The number of carbonyl (C=O) groups excluding carboxylic acids is 1. The minimum absolute atomic E-state index is 0.0983. The molecule has 0 radical (unpaired) electrons. The van der Waals surface area contributed by atoms with Crippen LogP contribution in [0.5, 0.6) is 0 Å². The minimum atomic E-state index is -0.116. The van der Waals surface area contributed by atoms with Crippen LogP contribution in [-0.4, -0.2) is 19.5 Å². The molecule has 18 heavy (non-hydrogen) atoms. The van der Waals surface area contributed by atoms with Crippen LogP contribution in [0, 0.1) is 25.7 Å². The number of aryl methyl sites for hydroxylation is 2. The Morgan fingerprint density at radius 2 is 1.94 bits per heavy atom. The Balaban J connectivity index is 3.02. The SMILES string of the molecule is Cc1ccc(C)c(N(C)C(=O)C(CN)C(C)C)c1. The summed E-state index contributed by atoms with van der Waals surface area (Å²) in [5.74, 6) is 0.242. The van der Waals surface area contributed by atoms with Gasteiger partial charge in [-0.2, -0.15) is 0 Å². The third-order valence-electron chi connectivity index (χ3n) is 3.43. The predicted molar refractivity (Wildman–Crippen MR) is 76.7 cm³/mol. The van der Waals surface area contributed by atoms with Crippen molar-refractivity contribution in [3.8, 4) is 0 Å². The summed E-state index contributed by atoms with van der Waals surface area (Å²) in [5.41, 5.74) is 8.95. The molecule has 0 heterocycles. The van der Waals surface area contributed by atoms with E-state index in [-0.39, 0.29) is 17.7 Å². The highest BCUT2D eigenvalue weighted by Gasteiger charge is 2.25. The number of nitrogens with zero attached hydrogens (tertiary/aromatic N) is 1. The van der Waals surface area contributed by atoms with Gasteiger partial charge in [-0.1, -0.05) is 26.0 Å². The summed E-state index contributed by atoms with van der Waals surface area (Å²) in [6.07, 6.45) is 0. The van der Waals surface area contributed by atoms with Crippen molar-refractivity contribution in [2.45, 2.75) is 27.7 Å². The van der Waals surface area contributed by atoms with Crippen molar-refractivity contribution < 1.29 is 4.79 Å². The van der Waals surface area contributed by atoms with Gasteiger partial charge in [0.2, 0.25) is 5.91 Å². The van der Waals surface area contributed by atoms with Gasteiger partial charge in [-0.05, 0) is 37.0 Å². The van der Waals surface area contributed by atoms with Crippen molar-refractivity contribution in [3.63, 3.8) is 0 Å². The fourth-order valence-electron chi connectivity index (χ4n) is 2.11. The van der Waals surface area contributed by atoms with E-state index >= 15 is 0 Å². The Morgan fingerprint density at radius 1 is 1.33 bits per heavy atom. The summed E-state index contributed by atoms with van der Waals surface area (Å²) in [6, 6.07) is 6.14. The van der Waals surface area contributed by atoms with Gasteiger partial charge in [-0.3, -0.25) is 4.79 Å². The Morgan fingerprint density at radius 3 is 2.44 bits per heavy atom. The van der Waals surface area contributed by atoms with Crippen molar-refractivity contribution in [1.82, 2.24) is 0 Å². The maximum absolute atomic E-state index is 12.4. The lowest BCUT2D eigenvalue weighted by atomic mass is 9.94. The molecule has 1 atom stereocenters. The highest BCUT2D eigenvalue weighted by Crippen LogP contribution is 2.23. The topological polar surface area (TPSA) is 46.3 Å². The molecule has 3 nitrogen and oxygen atoms in total. The van der Waals surface area contributed by atoms with Crippen LogP contribution in [0.3, 0.4) is 0 Å². The molecule has 1 rings (SSSR count). The molecule has 0 fully saturated rings. The summed E-state index contributed by atoms with van der Waals surface area (Å²) < 4.78 is 0. The lowest BCUT2D eigenvalue weighted by Gasteiger charge is -2.26. The van der Waals surface area contributed by atoms with Crippen LogP contribution < -0.4 is 10.6 Å². The molecule has 0 spiro atoms. The van der Waals surface area contributed by atoms with Crippen molar-refractivity contribution in [2.24, 2.45) is 17.6 Å². The van der Waals surface area contributed by atoms with Gasteiger partial charge >= 0.3 is 0 Å². The second kappa shape index (κ2) is 6.01. The number of rotatable bonds is 4. The third-order valence-corrected chi connectivity index (χ3v) is 3.43. The zero-order valence-corrected chi connectivity index (χ0v) is 12.0. The molecular weight excluding hydrogens is 224 g/mol. The van der Waals surface area contributed by atoms with Gasteiger partial charge in [-0.25, -0.2) is 0 Å². The average molecular weight is 248 g/mol. The van der Waals surface area contributed by atoms with Crippen LogP contribution in [0.4, 0.5) is 5.69 Å². The van der Waals surface area contributed by atoms with Crippen molar-refractivity contribution in [2.75, 3.05) is 18.5 Å². The highest BCUT2D eigenvalue weighted by atomic mass is 16.2. The lowest BCUT2D eigenvalue weighted by Crippen LogP contribution is -2.39. The van der Waals surface area contributed by atoms with Crippen LogP contribution in [0.15, 0.2) is 18.2 Å². The summed E-state index contributed by atoms with van der Waals surface area (Å²) in [5, 5.41) is 0. The molecule has 0 saturated carbocycles. The molecule has 0 saturated heterocycles. The van der Waals surface area contributed by atoms with Gasteiger partial charge in [0.1, 0.15) is 0 Å². The third kappa shape index (κ3) is 3.10. The first-order valence-electron chi connectivity index (χ1n) is 6.43. The lowest BCUT2D eigenvalue weighted by molar-refractivity contribution is -0.123. The van der Waals surface area contributed by atoms with Crippen LogP contribution >= 0.6 is 0 Å². The van der Waals surface area contributed by atoms with Crippen molar-refractivity contribution in [3.05, 3.63) is 29.3 Å². The maximum Gasteiger partial charge on any atom is 0.231 e. The van der Waals surface area contributed by atoms with E-state index in [2.05, 4.69) is 6.07 Å². The van der Waals surface area contributed by atoms with Gasteiger partial charge in [0.25, 0.3) is 0 Å². The van der Waals surface area contributed by atoms with Crippen LogP contribution in [0.2, 0.25) is 0 Å². The van der Waals surface area contributed by atoms with Crippen LogP contribution in [-0.2, 0) is 4.79 Å². The maximum atomic E-state index is 12.4. The first kappa shape index (κ1) is 14.7. The molecule has 2 N–H and O–H groups in total. The Bertz CT molecular complexity index is 427. The smallest absolute Gasteiger partial charge is 0.231 e. The molecule has 0 aliphatic carbocycles. The molecule has 1 aromatic carbocycles. The number of nitrogens with two attached hydrogens (primary N) is 1. The second-order valence-corrected chi connectivity index (χ2v) is 5.27. The summed E-state index contributed by atoms with van der Waals surface area (Å²) in [6.45, 7) is 8.51. The first-order chi connectivity index (χ1) is 8.38. The van der Waals surface area contributed by atoms with Gasteiger partial charge in [0.05, 0.1) is 5.92 Å². The largest absolute Gasteiger partial charge is 0.330 e. The molecule has 0 bridgehead atoms. The normalized spacial score (nSPS) is 12.6. The number of hydrogen-bond acceptors (Lipinski definition) is 2. The minimum Gasteiger partial charge on any atom is -0.330 e. The number of benzene rings is 1. The zero-order chi connectivity index (χ0) is 13.9. The van der Waals surface area contributed by atoms with Crippen molar-refractivity contribution >= 4 is 11.6 Å². The standard InChI is InChI=1S/C15H24N2O/c1-10(2)13(9-16)15(18)17(5)14-8-11(3)6-7-12(14)4/h6-8,10,13H,9,16H2,1-5H3. The van der Waals surface area contributed by atoms with Gasteiger partial charge < -0.3 is 10.6 Å². The van der Waals surface area contributed by atoms with Gasteiger partial charge in [-0.15, -0.1) is 0 Å². The van der Waals surface area contributed by atoms with Crippen molar-refractivity contribution in [1.29, 1.82) is 0 Å². The van der Waals surface area contributed by atoms with E-state index in [4.69, 9.17) is 5.73 Å². The van der Waals surface area contributed by atoms with E-state index in [1.807, 2.05) is 46.9 Å². The fourth-order valence-corrected chi connectivity index (χ4v) is 2.11. The highest BCUT2D eigenvalue weighted by molar-refractivity contribution is 5.95. The second-order valence-electron chi connectivity index (χ2n) is 5.27. The number of anilines is 1. The molecule has 0 aromatic heterocycles. The average Bonchev–Trinajstić information content (AvgIpc) is 2.31. The Kier molecular flexibility index (Phi) is 4.91. The molecule has 1 unspecified atom stereocenters. The first-order valence-corrected chi connectivity index (χ1v) is 6.43. The number of hydrogen-bond donors (Lipinski definition) is 1. The molecule has 3 heteroatoms. The van der Waals surface area contributed by atoms with E-state index in [1.54, 1.807) is 4.90 Å². The molecule has 1 amide bonds. The Labute approximate surface area is 110 Å². The van der Waals surface area contributed by atoms with E-state index in [9.17, 15) is 4.79 Å².